The Morgan fingerprint density at radius 2 is 1.47 bits per heavy atom. The lowest BCUT2D eigenvalue weighted by atomic mass is 10.0. The van der Waals surface area contributed by atoms with Crippen molar-refractivity contribution in [3.8, 4) is 5.75 Å². The van der Waals surface area contributed by atoms with Gasteiger partial charge in [0.1, 0.15) is 18.3 Å². The van der Waals surface area contributed by atoms with Crippen LogP contribution in [0, 0.1) is 6.92 Å². The van der Waals surface area contributed by atoms with Crippen molar-refractivity contribution in [2.45, 2.75) is 57.6 Å². The number of rotatable bonds is 14. The van der Waals surface area contributed by atoms with Crippen LogP contribution in [0.2, 0.25) is 10.0 Å². The van der Waals surface area contributed by atoms with Crippen LogP contribution >= 0.6 is 23.2 Å². The molecule has 0 aliphatic heterocycles. The minimum atomic E-state index is -4.26. The molecule has 1 N–H and O–H groups in total. The molecule has 0 bridgehead atoms. The summed E-state index contributed by atoms with van der Waals surface area (Å²) in [6, 6.07) is 26.0. The summed E-state index contributed by atoms with van der Waals surface area (Å²) in [7, 11) is -4.26. The Balaban J connectivity index is 1.82. The van der Waals surface area contributed by atoms with E-state index < -0.39 is 34.4 Å². The van der Waals surface area contributed by atoms with Gasteiger partial charge < -0.3 is 15.0 Å². The normalized spacial score (nSPS) is 12.0. The zero-order valence-corrected chi connectivity index (χ0v) is 29.1. The molecular weight excluding hydrogens is 657 g/mol. The maximum atomic E-state index is 14.6. The molecule has 0 spiro atoms. The Labute approximate surface area is 287 Å². The van der Waals surface area contributed by atoms with Crippen LogP contribution in [0.5, 0.6) is 5.75 Å². The highest BCUT2D eigenvalue weighted by Crippen LogP contribution is 2.29. The van der Waals surface area contributed by atoms with E-state index in [1.54, 1.807) is 54.6 Å². The van der Waals surface area contributed by atoms with Gasteiger partial charge in [0.05, 0.1) is 17.2 Å². The number of halogens is 2. The number of benzene rings is 4. The number of carbonyl (C=O) groups is 2. The van der Waals surface area contributed by atoms with Crippen LogP contribution in [-0.2, 0) is 32.6 Å². The average Bonchev–Trinajstić information content (AvgIpc) is 3.03. The molecule has 0 radical (unpaired) electrons. The van der Waals surface area contributed by atoms with Gasteiger partial charge in [0.2, 0.25) is 11.8 Å². The Morgan fingerprint density at radius 1 is 0.851 bits per heavy atom. The van der Waals surface area contributed by atoms with Gasteiger partial charge in [-0.1, -0.05) is 77.3 Å². The summed E-state index contributed by atoms with van der Waals surface area (Å²) in [5.41, 5.74) is 2.47. The zero-order chi connectivity index (χ0) is 34.1. The minimum absolute atomic E-state index is 0.0200. The van der Waals surface area contributed by atoms with Crippen molar-refractivity contribution in [3.63, 3.8) is 0 Å². The fraction of sp³-hybridized carbons (Fsp3) is 0.278. The Bertz CT molecular complexity index is 1750. The average molecular weight is 697 g/mol. The second kappa shape index (κ2) is 16.2. The van der Waals surface area contributed by atoms with E-state index in [1.807, 2.05) is 58.0 Å². The van der Waals surface area contributed by atoms with E-state index in [0.29, 0.717) is 33.7 Å². The third-order valence-corrected chi connectivity index (χ3v) is 9.91. The molecule has 0 saturated carbocycles. The van der Waals surface area contributed by atoms with Gasteiger partial charge in [-0.25, -0.2) is 8.42 Å². The molecule has 2 amide bonds. The van der Waals surface area contributed by atoms with Gasteiger partial charge in [0.25, 0.3) is 10.0 Å². The summed E-state index contributed by atoms with van der Waals surface area (Å²) in [6.07, 6.45) is 0.170. The summed E-state index contributed by atoms with van der Waals surface area (Å²) in [6.45, 7) is 7.08. The van der Waals surface area contributed by atoms with Crippen molar-refractivity contribution in [1.82, 2.24) is 10.2 Å². The Morgan fingerprint density at radius 3 is 2.04 bits per heavy atom. The first kappa shape index (κ1) is 35.8. The number of aryl methyl sites for hydroxylation is 1. The fourth-order valence-corrected chi connectivity index (χ4v) is 6.96. The van der Waals surface area contributed by atoms with Crippen LogP contribution in [0.4, 0.5) is 5.69 Å². The second-order valence-electron chi connectivity index (χ2n) is 11.3. The first-order chi connectivity index (χ1) is 22.4. The number of nitrogens with zero attached hydrogens (tertiary/aromatic N) is 2. The lowest BCUT2D eigenvalue weighted by Crippen LogP contribution is -2.54. The van der Waals surface area contributed by atoms with Gasteiger partial charge in [0.15, 0.2) is 0 Å². The van der Waals surface area contributed by atoms with Crippen LogP contribution in [-0.4, -0.2) is 50.4 Å². The first-order valence-corrected chi connectivity index (χ1v) is 17.5. The molecule has 0 aliphatic rings. The third kappa shape index (κ3) is 9.28. The SMILES string of the molecule is CCOc1ccc(S(=O)(=O)N(CC(=O)N(Cc2c(Cl)cccc2Cl)C(Cc2ccccc2)C(=O)NC(C)C)c2ccc(C)cc2)cc1. The van der Waals surface area contributed by atoms with Crippen molar-refractivity contribution in [2.75, 3.05) is 17.5 Å². The number of ether oxygens (including phenoxy) is 1. The van der Waals surface area contributed by atoms with Crippen molar-refractivity contribution in [2.24, 2.45) is 0 Å². The van der Waals surface area contributed by atoms with Gasteiger partial charge >= 0.3 is 0 Å². The topological polar surface area (TPSA) is 96.0 Å². The Kier molecular flexibility index (Phi) is 12.3. The fourth-order valence-electron chi connectivity index (χ4n) is 5.03. The van der Waals surface area contributed by atoms with Crippen molar-refractivity contribution in [1.29, 1.82) is 0 Å². The summed E-state index contributed by atoms with van der Waals surface area (Å²) in [4.78, 5) is 29.8. The molecule has 8 nitrogen and oxygen atoms in total. The zero-order valence-electron chi connectivity index (χ0n) is 26.8. The van der Waals surface area contributed by atoms with Gasteiger partial charge in [0, 0.05) is 34.6 Å². The molecule has 0 saturated heterocycles. The van der Waals surface area contributed by atoms with E-state index in [2.05, 4.69) is 5.32 Å². The predicted molar refractivity (Wildman–Crippen MR) is 188 cm³/mol. The molecule has 0 aliphatic carbocycles. The van der Waals surface area contributed by atoms with Crippen LogP contribution in [0.3, 0.4) is 0 Å². The molecule has 4 aromatic rings. The minimum Gasteiger partial charge on any atom is -0.494 e. The number of nitrogens with one attached hydrogen (secondary N) is 1. The first-order valence-electron chi connectivity index (χ1n) is 15.3. The van der Waals surface area contributed by atoms with E-state index in [4.69, 9.17) is 27.9 Å². The van der Waals surface area contributed by atoms with E-state index >= 15 is 0 Å². The summed E-state index contributed by atoms with van der Waals surface area (Å²) < 4.78 is 35.1. The summed E-state index contributed by atoms with van der Waals surface area (Å²) in [5, 5.41) is 3.56. The molecule has 4 rings (SSSR count). The number of hydrogen-bond acceptors (Lipinski definition) is 5. The quantitative estimate of drug-likeness (QED) is 0.152. The van der Waals surface area contributed by atoms with E-state index in [1.165, 1.54) is 17.0 Å². The standard InChI is InChI=1S/C36H39Cl2N3O5S/c1-5-46-29-18-20-30(21-19-29)47(44,45)41(28-16-14-26(4)15-17-28)24-35(42)40(23-31-32(37)12-9-13-33(31)38)34(36(43)39-25(2)3)22-27-10-7-6-8-11-27/h6-21,25,34H,5,22-24H2,1-4H3,(H,39,43). The summed E-state index contributed by atoms with van der Waals surface area (Å²) >= 11 is 13.1. The molecule has 1 atom stereocenters. The van der Waals surface area contributed by atoms with Crippen molar-refractivity contribution >= 4 is 50.7 Å². The highest BCUT2D eigenvalue weighted by Gasteiger charge is 2.35. The van der Waals surface area contributed by atoms with Crippen LogP contribution in [0.1, 0.15) is 37.5 Å². The van der Waals surface area contributed by atoms with E-state index in [-0.39, 0.29) is 23.9 Å². The Hall–Kier alpha value is -4.05. The largest absolute Gasteiger partial charge is 0.494 e. The third-order valence-electron chi connectivity index (χ3n) is 7.42. The second-order valence-corrected chi connectivity index (χ2v) is 14.0. The number of sulfonamides is 1. The van der Waals surface area contributed by atoms with Crippen molar-refractivity contribution in [3.05, 3.63) is 124 Å². The van der Waals surface area contributed by atoms with Crippen LogP contribution < -0.4 is 14.4 Å². The summed E-state index contributed by atoms with van der Waals surface area (Å²) in [5.74, 6) is -0.486. The molecule has 0 heterocycles. The van der Waals surface area contributed by atoms with Gasteiger partial charge in [-0.2, -0.15) is 0 Å². The molecular formula is C36H39Cl2N3O5S. The van der Waals surface area contributed by atoms with Gasteiger partial charge in [-0.3, -0.25) is 13.9 Å². The number of hydrogen-bond donors (Lipinski definition) is 1. The monoisotopic (exact) mass is 695 g/mol. The molecule has 11 heteroatoms. The highest BCUT2D eigenvalue weighted by atomic mass is 35.5. The number of carbonyl (C=O) groups excluding carboxylic acids is 2. The maximum absolute atomic E-state index is 14.6. The molecule has 47 heavy (non-hydrogen) atoms. The number of anilines is 1. The van der Waals surface area contributed by atoms with E-state index in [9.17, 15) is 18.0 Å². The molecule has 0 fully saturated rings. The van der Waals surface area contributed by atoms with Crippen LogP contribution in [0.25, 0.3) is 0 Å². The lowest BCUT2D eigenvalue weighted by molar-refractivity contribution is -0.140. The smallest absolute Gasteiger partial charge is 0.264 e. The molecule has 1 unspecified atom stereocenters. The predicted octanol–water partition coefficient (Wildman–Crippen LogP) is 7.06. The lowest BCUT2D eigenvalue weighted by Gasteiger charge is -2.34. The number of amides is 2. The maximum Gasteiger partial charge on any atom is 0.264 e. The van der Waals surface area contributed by atoms with Crippen LogP contribution in [0.15, 0.2) is 102 Å². The van der Waals surface area contributed by atoms with Gasteiger partial charge in [-0.05, 0) is 81.8 Å². The molecule has 4 aromatic carbocycles. The van der Waals surface area contributed by atoms with Gasteiger partial charge in [-0.15, -0.1) is 0 Å². The molecule has 248 valence electrons. The molecule has 0 aromatic heterocycles. The van der Waals surface area contributed by atoms with E-state index in [0.717, 1.165) is 15.4 Å². The van der Waals surface area contributed by atoms with Crippen molar-refractivity contribution < 1.29 is 22.7 Å². The highest BCUT2D eigenvalue weighted by molar-refractivity contribution is 7.92.